The van der Waals surface area contributed by atoms with Gasteiger partial charge >= 0.3 is 0 Å². The minimum atomic E-state index is 0.237. The Kier molecular flexibility index (Phi) is 4.67. The summed E-state index contributed by atoms with van der Waals surface area (Å²) in [5.74, 6) is 2.88. The normalized spacial score (nSPS) is 23.9. The van der Waals surface area contributed by atoms with Gasteiger partial charge in [0.2, 0.25) is 0 Å². The highest BCUT2D eigenvalue weighted by Crippen LogP contribution is 2.37. The van der Waals surface area contributed by atoms with Crippen LogP contribution in [0.5, 0.6) is 5.75 Å². The fourth-order valence-corrected chi connectivity index (χ4v) is 3.61. The molecule has 2 fully saturated rings. The molecular formula is C18H25N5O2. The number of likely N-dealkylation sites (tertiary alicyclic amines) is 1. The maximum atomic E-state index is 5.94. The number of pyridine rings is 1. The summed E-state index contributed by atoms with van der Waals surface area (Å²) in [7, 11) is 1.78. The van der Waals surface area contributed by atoms with Crippen LogP contribution in [0.15, 0.2) is 24.5 Å². The molecule has 7 nitrogen and oxygen atoms in total. The molecule has 1 saturated carbocycles. The van der Waals surface area contributed by atoms with E-state index in [1.165, 1.54) is 12.8 Å². The van der Waals surface area contributed by atoms with E-state index in [1.807, 2.05) is 19.1 Å². The first-order chi connectivity index (χ1) is 12.2. The summed E-state index contributed by atoms with van der Waals surface area (Å²) in [5.41, 5.74) is 0. The summed E-state index contributed by atoms with van der Waals surface area (Å²) in [6.45, 7) is 4.36. The zero-order valence-electron chi connectivity index (χ0n) is 14.8. The van der Waals surface area contributed by atoms with E-state index in [4.69, 9.17) is 9.47 Å². The van der Waals surface area contributed by atoms with Gasteiger partial charge in [-0.05, 0) is 38.3 Å². The van der Waals surface area contributed by atoms with Crippen molar-refractivity contribution >= 4 is 0 Å². The molecule has 25 heavy (non-hydrogen) atoms. The van der Waals surface area contributed by atoms with Crippen LogP contribution in [0.1, 0.15) is 37.0 Å². The van der Waals surface area contributed by atoms with E-state index in [0.717, 1.165) is 36.9 Å². The van der Waals surface area contributed by atoms with Crippen molar-refractivity contribution in [2.24, 2.45) is 0 Å². The second-order valence-corrected chi connectivity index (χ2v) is 6.94. The van der Waals surface area contributed by atoms with Gasteiger partial charge in [0, 0.05) is 31.9 Å². The number of rotatable bonds is 7. The van der Waals surface area contributed by atoms with Crippen LogP contribution in [0.4, 0.5) is 0 Å². The molecule has 0 amide bonds. The number of nitrogens with zero attached hydrogens (tertiary/aromatic N) is 5. The summed E-state index contributed by atoms with van der Waals surface area (Å²) in [4.78, 5) is 6.51. The number of methoxy groups -OCH3 is 1. The number of aryl methyl sites for hydroxylation is 1. The molecule has 2 aromatic rings. The van der Waals surface area contributed by atoms with E-state index < -0.39 is 0 Å². The maximum Gasteiger partial charge on any atom is 0.147 e. The van der Waals surface area contributed by atoms with Crippen LogP contribution in [0.3, 0.4) is 0 Å². The molecule has 2 aromatic heterocycles. The van der Waals surface area contributed by atoms with Gasteiger partial charge in [-0.2, -0.15) is 0 Å². The van der Waals surface area contributed by atoms with Gasteiger partial charge in [0.1, 0.15) is 24.0 Å². The Hall–Kier alpha value is -1.99. The van der Waals surface area contributed by atoms with Gasteiger partial charge in [0.05, 0.1) is 18.8 Å². The molecule has 0 spiro atoms. The first-order valence-electron chi connectivity index (χ1n) is 8.94. The average molecular weight is 343 g/mol. The number of hydrogen-bond acceptors (Lipinski definition) is 6. The summed E-state index contributed by atoms with van der Waals surface area (Å²) in [6.07, 6.45) is 7.18. The van der Waals surface area contributed by atoms with Crippen molar-refractivity contribution in [1.82, 2.24) is 24.6 Å². The van der Waals surface area contributed by atoms with E-state index in [-0.39, 0.29) is 6.10 Å². The lowest BCUT2D eigenvalue weighted by Crippen LogP contribution is -2.34. The Labute approximate surface area is 148 Å². The largest absolute Gasteiger partial charge is 0.490 e. The number of hydrogen-bond donors (Lipinski definition) is 0. The molecule has 4 rings (SSSR count). The zero-order chi connectivity index (χ0) is 17.2. The molecular weight excluding hydrogens is 318 g/mol. The van der Waals surface area contributed by atoms with Gasteiger partial charge in [-0.25, -0.2) is 0 Å². The van der Waals surface area contributed by atoms with Crippen molar-refractivity contribution in [2.75, 3.05) is 20.3 Å². The van der Waals surface area contributed by atoms with E-state index >= 15 is 0 Å². The van der Waals surface area contributed by atoms with Crippen molar-refractivity contribution in [2.45, 2.75) is 50.9 Å². The van der Waals surface area contributed by atoms with Gasteiger partial charge < -0.3 is 14.0 Å². The molecule has 0 aromatic carbocycles. The van der Waals surface area contributed by atoms with Crippen LogP contribution in [-0.2, 0) is 11.3 Å². The van der Waals surface area contributed by atoms with E-state index in [1.54, 1.807) is 19.5 Å². The lowest BCUT2D eigenvalue weighted by Gasteiger charge is -2.24. The molecule has 0 N–H and O–H groups in total. The first-order valence-corrected chi connectivity index (χ1v) is 8.94. The van der Waals surface area contributed by atoms with Gasteiger partial charge in [-0.15, -0.1) is 10.2 Å². The lowest BCUT2D eigenvalue weighted by atomic mass is 10.2. The zero-order valence-corrected chi connectivity index (χ0v) is 14.8. The third-order valence-corrected chi connectivity index (χ3v) is 5.09. The van der Waals surface area contributed by atoms with Gasteiger partial charge in [-0.3, -0.25) is 9.88 Å². The fraction of sp³-hybridized carbons (Fsp3) is 0.611. The predicted octanol–water partition coefficient (Wildman–Crippen LogP) is 1.98. The average Bonchev–Trinajstić information content (AvgIpc) is 3.29. The third-order valence-electron chi connectivity index (χ3n) is 5.09. The highest BCUT2D eigenvalue weighted by Gasteiger charge is 2.35. The standard InChI is InChI=1S/C18H25N5O2/c1-13-20-21-18(23(13)14-5-6-14)11-22-10-17(24-2)8-15(22)12-25-16-4-3-7-19-9-16/h3-4,7,9,14-15,17H,5-6,8,10-12H2,1-2H3/t15-,17+/m0/s1. The smallest absolute Gasteiger partial charge is 0.147 e. The Morgan fingerprint density at radius 2 is 2.16 bits per heavy atom. The van der Waals surface area contributed by atoms with E-state index in [9.17, 15) is 0 Å². The third kappa shape index (κ3) is 3.67. The Morgan fingerprint density at radius 3 is 2.88 bits per heavy atom. The Morgan fingerprint density at radius 1 is 1.28 bits per heavy atom. The Bertz CT molecular complexity index is 701. The van der Waals surface area contributed by atoms with Crippen LogP contribution < -0.4 is 4.74 Å². The van der Waals surface area contributed by atoms with Crippen molar-refractivity contribution in [3.8, 4) is 5.75 Å². The van der Waals surface area contributed by atoms with Gasteiger partial charge in [0.15, 0.2) is 0 Å². The van der Waals surface area contributed by atoms with Gasteiger partial charge in [-0.1, -0.05) is 0 Å². The lowest BCUT2D eigenvalue weighted by molar-refractivity contribution is 0.106. The summed E-state index contributed by atoms with van der Waals surface area (Å²) in [5, 5.41) is 8.72. The SMILES string of the molecule is CO[C@@H]1C[C@@H](COc2cccnc2)N(Cc2nnc(C)n2C2CC2)C1. The predicted molar refractivity (Wildman–Crippen MR) is 92.4 cm³/mol. The minimum absolute atomic E-state index is 0.237. The highest BCUT2D eigenvalue weighted by molar-refractivity contribution is 5.15. The van der Waals surface area contributed by atoms with Crippen molar-refractivity contribution in [3.05, 3.63) is 36.2 Å². The summed E-state index contributed by atoms with van der Waals surface area (Å²) >= 11 is 0. The fourth-order valence-electron chi connectivity index (χ4n) is 3.61. The maximum absolute atomic E-state index is 5.94. The van der Waals surface area contributed by atoms with Crippen LogP contribution in [0, 0.1) is 6.92 Å². The quantitative estimate of drug-likeness (QED) is 0.766. The van der Waals surface area contributed by atoms with Crippen molar-refractivity contribution in [1.29, 1.82) is 0 Å². The van der Waals surface area contributed by atoms with Crippen LogP contribution in [0.25, 0.3) is 0 Å². The monoisotopic (exact) mass is 343 g/mol. The van der Waals surface area contributed by atoms with Crippen molar-refractivity contribution in [3.63, 3.8) is 0 Å². The molecule has 1 saturated heterocycles. The molecule has 0 radical (unpaired) electrons. The van der Waals surface area contributed by atoms with Gasteiger partial charge in [0.25, 0.3) is 0 Å². The molecule has 134 valence electrons. The first kappa shape index (κ1) is 16.5. The van der Waals surface area contributed by atoms with E-state index in [0.29, 0.717) is 18.7 Å². The molecule has 1 aliphatic heterocycles. The topological polar surface area (TPSA) is 65.3 Å². The van der Waals surface area contributed by atoms with Crippen LogP contribution >= 0.6 is 0 Å². The van der Waals surface area contributed by atoms with Crippen molar-refractivity contribution < 1.29 is 9.47 Å². The van der Waals surface area contributed by atoms with E-state index in [2.05, 4.69) is 24.6 Å². The molecule has 3 heterocycles. The Balaban J connectivity index is 1.44. The molecule has 0 bridgehead atoms. The minimum Gasteiger partial charge on any atom is -0.490 e. The van der Waals surface area contributed by atoms with Crippen LogP contribution in [0.2, 0.25) is 0 Å². The highest BCUT2D eigenvalue weighted by atomic mass is 16.5. The molecule has 2 atom stereocenters. The van der Waals surface area contributed by atoms with Crippen LogP contribution in [-0.4, -0.2) is 57.1 Å². The summed E-state index contributed by atoms with van der Waals surface area (Å²) in [6, 6.07) is 4.72. The summed E-state index contributed by atoms with van der Waals surface area (Å²) < 4.78 is 13.9. The second-order valence-electron chi connectivity index (χ2n) is 6.94. The second kappa shape index (κ2) is 7.09. The molecule has 0 unspecified atom stereocenters. The molecule has 1 aliphatic carbocycles. The molecule has 7 heteroatoms. The number of aromatic nitrogens is 4. The number of ether oxygens (including phenoxy) is 2. The molecule has 2 aliphatic rings.